The maximum Gasteiger partial charge on any atom is 0.123 e. The van der Waals surface area contributed by atoms with Gasteiger partial charge in [0.2, 0.25) is 0 Å². The Morgan fingerprint density at radius 2 is 2.57 bits per heavy atom. The summed E-state index contributed by atoms with van der Waals surface area (Å²) in [5.74, 6) is 0.488. The van der Waals surface area contributed by atoms with Crippen LogP contribution < -0.4 is 0 Å². The van der Waals surface area contributed by atoms with Gasteiger partial charge in [0.05, 0.1) is 0 Å². The molecule has 0 aromatic heterocycles. The molecule has 1 N–H and O–H groups in total. The van der Waals surface area contributed by atoms with Crippen LogP contribution in [0, 0.1) is 11.8 Å². The quantitative estimate of drug-likeness (QED) is 0.488. The monoisotopic (exact) mass is 100 g/mol. The third-order valence-corrected chi connectivity index (χ3v) is 1.39. The van der Waals surface area contributed by atoms with Crippen molar-refractivity contribution >= 4 is 6.29 Å². The van der Waals surface area contributed by atoms with Crippen LogP contribution in [0.1, 0.15) is 6.42 Å². The fraction of sp³-hybridized carbons (Fsp3) is 0.800. The molecule has 7 heavy (non-hydrogen) atoms. The van der Waals surface area contributed by atoms with E-state index in [1.54, 1.807) is 0 Å². The van der Waals surface area contributed by atoms with Crippen LogP contribution in [0.15, 0.2) is 0 Å². The molecular weight excluding hydrogens is 92.1 g/mol. The van der Waals surface area contributed by atoms with Crippen molar-refractivity contribution in [1.82, 2.24) is 0 Å². The number of hydrogen-bond donors (Lipinski definition) is 1. The highest BCUT2D eigenvalue weighted by atomic mass is 16.3. The van der Waals surface area contributed by atoms with Crippen molar-refractivity contribution in [1.29, 1.82) is 0 Å². The Hall–Kier alpha value is -0.370. The second-order valence-electron chi connectivity index (χ2n) is 1.98. The Morgan fingerprint density at radius 1 is 1.86 bits per heavy atom. The van der Waals surface area contributed by atoms with Gasteiger partial charge in [-0.05, 0) is 12.3 Å². The maximum absolute atomic E-state index is 9.83. The first-order valence-electron chi connectivity index (χ1n) is 2.44. The zero-order valence-electron chi connectivity index (χ0n) is 4.00. The lowest BCUT2D eigenvalue weighted by atomic mass is 10.4. The van der Waals surface area contributed by atoms with Gasteiger partial charge >= 0.3 is 0 Å². The highest BCUT2D eigenvalue weighted by molar-refractivity contribution is 5.58. The van der Waals surface area contributed by atoms with Gasteiger partial charge in [0, 0.05) is 12.5 Å². The fourth-order valence-corrected chi connectivity index (χ4v) is 0.648. The van der Waals surface area contributed by atoms with Crippen molar-refractivity contribution < 1.29 is 9.90 Å². The molecule has 1 fully saturated rings. The predicted octanol–water partition coefficient (Wildman–Crippen LogP) is -0.186. The van der Waals surface area contributed by atoms with E-state index in [9.17, 15) is 4.79 Å². The van der Waals surface area contributed by atoms with Crippen LogP contribution in [0.25, 0.3) is 0 Å². The lowest BCUT2D eigenvalue weighted by molar-refractivity contribution is -0.109. The standard InChI is InChI=1S/C5H8O2/c6-2-4-1-5(4)3-7/h2,4-5,7H,1,3H2/t4-,5-/m1/s1. The molecule has 0 radical (unpaired) electrons. The van der Waals surface area contributed by atoms with Crippen molar-refractivity contribution in [3.05, 3.63) is 0 Å². The molecule has 1 rings (SSSR count). The number of carbonyl (C=O) groups excluding carboxylic acids is 1. The normalized spacial score (nSPS) is 37.9. The molecule has 0 unspecified atom stereocenters. The summed E-state index contributed by atoms with van der Waals surface area (Å²) in [6.07, 6.45) is 1.82. The zero-order valence-corrected chi connectivity index (χ0v) is 4.00. The summed E-state index contributed by atoms with van der Waals surface area (Å²) in [6, 6.07) is 0. The number of aliphatic hydroxyl groups is 1. The summed E-state index contributed by atoms with van der Waals surface area (Å²) in [6.45, 7) is 0.184. The van der Waals surface area contributed by atoms with Gasteiger partial charge in [-0.3, -0.25) is 0 Å². The van der Waals surface area contributed by atoms with E-state index >= 15 is 0 Å². The van der Waals surface area contributed by atoms with E-state index in [4.69, 9.17) is 5.11 Å². The van der Waals surface area contributed by atoms with E-state index in [2.05, 4.69) is 0 Å². The second kappa shape index (κ2) is 1.62. The van der Waals surface area contributed by atoms with Crippen molar-refractivity contribution in [2.75, 3.05) is 6.61 Å². The minimum Gasteiger partial charge on any atom is -0.396 e. The van der Waals surface area contributed by atoms with Crippen molar-refractivity contribution in [3.8, 4) is 0 Å². The summed E-state index contributed by atoms with van der Waals surface area (Å²) in [5.41, 5.74) is 0. The first-order chi connectivity index (χ1) is 3.38. The molecule has 1 aliphatic carbocycles. The Balaban J connectivity index is 2.17. The second-order valence-corrected chi connectivity index (χ2v) is 1.98. The zero-order chi connectivity index (χ0) is 5.28. The molecule has 0 aromatic rings. The van der Waals surface area contributed by atoms with Crippen molar-refractivity contribution in [2.45, 2.75) is 6.42 Å². The van der Waals surface area contributed by atoms with Gasteiger partial charge in [0.1, 0.15) is 6.29 Å². The molecule has 2 nitrogen and oxygen atoms in total. The smallest absolute Gasteiger partial charge is 0.123 e. The van der Waals surface area contributed by atoms with E-state index in [1.807, 2.05) is 0 Å². The molecule has 0 bridgehead atoms. The molecule has 0 aromatic carbocycles. The average molecular weight is 100 g/mol. The van der Waals surface area contributed by atoms with E-state index in [-0.39, 0.29) is 12.5 Å². The molecule has 40 valence electrons. The molecule has 2 atom stereocenters. The van der Waals surface area contributed by atoms with Crippen LogP contribution in [0.3, 0.4) is 0 Å². The molecular formula is C5H8O2. The molecule has 1 saturated carbocycles. The predicted molar refractivity (Wildman–Crippen MR) is 24.7 cm³/mol. The van der Waals surface area contributed by atoms with Gasteiger partial charge in [-0.2, -0.15) is 0 Å². The molecule has 0 saturated heterocycles. The van der Waals surface area contributed by atoms with Crippen molar-refractivity contribution in [2.24, 2.45) is 11.8 Å². The summed E-state index contributed by atoms with van der Waals surface area (Å²) < 4.78 is 0. The first-order valence-corrected chi connectivity index (χ1v) is 2.44. The van der Waals surface area contributed by atoms with Gasteiger partial charge in [0.25, 0.3) is 0 Å². The number of carbonyl (C=O) groups is 1. The summed E-state index contributed by atoms with van der Waals surface area (Å²) in [4.78, 5) is 9.83. The fourth-order valence-electron chi connectivity index (χ4n) is 0.648. The third kappa shape index (κ3) is 0.800. The van der Waals surface area contributed by atoms with E-state index in [1.165, 1.54) is 0 Å². The third-order valence-electron chi connectivity index (χ3n) is 1.39. The van der Waals surface area contributed by atoms with Crippen LogP contribution >= 0.6 is 0 Å². The molecule has 0 amide bonds. The van der Waals surface area contributed by atoms with Crippen LogP contribution in [-0.4, -0.2) is 18.0 Å². The summed E-state index contributed by atoms with van der Waals surface area (Å²) in [7, 11) is 0. The van der Waals surface area contributed by atoms with Crippen LogP contribution in [0.4, 0.5) is 0 Å². The van der Waals surface area contributed by atoms with E-state index in [0.29, 0.717) is 5.92 Å². The van der Waals surface area contributed by atoms with Gasteiger partial charge < -0.3 is 9.90 Å². The topological polar surface area (TPSA) is 37.3 Å². The van der Waals surface area contributed by atoms with Gasteiger partial charge in [-0.1, -0.05) is 0 Å². The number of aliphatic hydroxyl groups excluding tert-OH is 1. The lowest BCUT2D eigenvalue weighted by Crippen LogP contribution is -1.87. The molecule has 0 aliphatic heterocycles. The minimum absolute atomic E-state index is 0.184. The van der Waals surface area contributed by atoms with Gasteiger partial charge in [-0.25, -0.2) is 0 Å². The average Bonchev–Trinajstić information content (AvgIpc) is 2.43. The lowest BCUT2D eigenvalue weighted by Gasteiger charge is -1.78. The molecule has 1 aliphatic rings. The van der Waals surface area contributed by atoms with Gasteiger partial charge in [0.15, 0.2) is 0 Å². The minimum atomic E-state index is 0.184. The summed E-state index contributed by atoms with van der Waals surface area (Å²) in [5, 5.41) is 8.35. The van der Waals surface area contributed by atoms with Crippen molar-refractivity contribution in [3.63, 3.8) is 0 Å². The first kappa shape index (κ1) is 4.78. The SMILES string of the molecule is O=C[C@H]1C[C@@H]1CO. The summed E-state index contributed by atoms with van der Waals surface area (Å²) >= 11 is 0. The Labute approximate surface area is 42.1 Å². The molecule has 2 heteroatoms. The van der Waals surface area contributed by atoms with Gasteiger partial charge in [-0.15, -0.1) is 0 Å². The molecule has 0 spiro atoms. The van der Waals surface area contributed by atoms with E-state index < -0.39 is 0 Å². The Kier molecular flexibility index (Phi) is 1.11. The van der Waals surface area contributed by atoms with Crippen LogP contribution in [0.5, 0.6) is 0 Å². The number of rotatable bonds is 2. The van der Waals surface area contributed by atoms with Crippen LogP contribution in [-0.2, 0) is 4.79 Å². The van der Waals surface area contributed by atoms with E-state index in [0.717, 1.165) is 12.7 Å². The highest BCUT2D eigenvalue weighted by Gasteiger charge is 2.35. The van der Waals surface area contributed by atoms with Crippen LogP contribution in [0.2, 0.25) is 0 Å². The molecule has 0 heterocycles. The Morgan fingerprint density at radius 3 is 2.71 bits per heavy atom. The number of aldehydes is 1. The Bertz CT molecular complexity index is 80.1. The maximum atomic E-state index is 9.83. The highest BCUT2D eigenvalue weighted by Crippen LogP contribution is 2.35. The largest absolute Gasteiger partial charge is 0.396 e. The number of hydrogen-bond acceptors (Lipinski definition) is 2.